The fraction of sp³-hybridized carbons (Fsp3) is 1.00. The van der Waals surface area contributed by atoms with E-state index in [1.54, 1.807) is 0 Å². The summed E-state index contributed by atoms with van der Waals surface area (Å²) in [6.45, 7) is 17.5. The molecular weight excluding hydrogens is 280 g/mol. The normalized spacial score (nSPS) is 24.4. The summed E-state index contributed by atoms with van der Waals surface area (Å²) in [5.74, 6) is 3.76. The standard InChI is InChI=1S/C21H42N2/c1-5-6-19(4)17-23-13-9-21(10-14-23)15-20-7-11-22(12-8-20)16-18(2)3/h18-21H,5-17H2,1-4H3. The van der Waals surface area contributed by atoms with Crippen molar-refractivity contribution in [3.63, 3.8) is 0 Å². The van der Waals surface area contributed by atoms with Crippen LogP contribution in [0.1, 0.15) is 72.6 Å². The summed E-state index contributed by atoms with van der Waals surface area (Å²) in [6, 6.07) is 0. The Kier molecular flexibility index (Phi) is 8.40. The van der Waals surface area contributed by atoms with E-state index in [2.05, 4.69) is 37.5 Å². The molecule has 0 aliphatic carbocycles. The van der Waals surface area contributed by atoms with Crippen molar-refractivity contribution in [2.24, 2.45) is 23.7 Å². The molecule has 2 aliphatic rings. The predicted molar refractivity (Wildman–Crippen MR) is 102 cm³/mol. The van der Waals surface area contributed by atoms with Crippen LogP contribution in [0.3, 0.4) is 0 Å². The van der Waals surface area contributed by atoms with Crippen LogP contribution in [-0.2, 0) is 0 Å². The topological polar surface area (TPSA) is 6.48 Å². The highest BCUT2D eigenvalue weighted by Gasteiger charge is 2.25. The molecule has 0 N–H and O–H groups in total. The Morgan fingerprint density at radius 1 is 0.783 bits per heavy atom. The minimum absolute atomic E-state index is 0.825. The molecule has 0 saturated carbocycles. The molecule has 2 rings (SSSR count). The zero-order chi connectivity index (χ0) is 16.7. The minimum atomic E-state index is 0.825. The van der Waals surface area contributed by atoms with Gasteiger partial charge in [-0.25, -0.2) is 0 Å². The summed E-state index contributed by atoms with van der Waals surface area (Å²) in [5.41, 5.74) is 0. The Morgan fingerprint density at radius 3 is 1.70 bits per heavy atom. The maximum absolute atomic E-state index is 2.74. The van der Waals surface area contributed by atoms with Crippen LogP contribution in [0.5, 0.6) is 0 Å². The molecule has 0 aromatic heterocycles. The molecule has 2 nitrogen and oxygen atoms in total. The number of likely N-dealkylation sites (tertiary alicyclic amines) is 2. The molecule has 0 spiro atoms. The van der Waals surface area contributed by atoms with Gasteiger partial charge < -0.3 is 9.80 Å². The van der Waals surface area contributed by atoms with Crippen molar-refractivity contribution in [2.45, 2.75) is 72.6 Å². The zero-order valence-electron chi connectivity index (χ0n) is 16.4. The number of hydrogen-bond acceptors (Lipinski definition) is 2. The molecule has 2 fully saturated rings. The largest absolute Gasteiger partial charge is 0.303 e. The Balaban J connectivity index is 1.60. The van der Waals surface area contributed by atoms with Crippen LogP contribution >= 0.6 is 0 Å². The van der Waals surface area contributed by atoms with E-state index in [0.717, 1.165) is 23.7 Å². The highest BCUT2D eigenvalue weighted by atomic mass is 15.1. The van der Waals surface area contributed by atoms with Crippen molar-refractivity contribution in [3.05, 3.63) is 0 Å². The third-order valence-corrected chi connectivity index (χ3v) is 6.06. The van der Waals surface area contributed by atoms with Crippen molar-refractivity contribution in [1.82, 2.24) is 9.80 Å². The lowest BCUT2D eigenvalue weighted by Crippen LogP contribution is -2.39. The zero-order valence-corrected chi connectivity index (χ0v) is 16.4. The SMILES string of the molecule is CCCC(C)CN1CCC(CC2CCN(CC(C)C)CC2)CC1. The van der Waals surface area contributed by atoms with Gasteiger partial charge in [-0.3, -0.25) is 0 Å². The van der Waals surface area contributed by atoms with Crippen molar-refractivity contribution in [3.8, 4) is 0 Å². The highest BCUT2D eigenvalue weighted by molar-refractivity contribution is 4.79. The van der Waals surface area contributed by atoms with Crippen molar-refractivity contribution in [2.75, 3.05) is 39.3 Å². The maximum atomic E-state index is 2.74. The second-order valence-electron chi connectivity index (χ2n) is 9.01. The van der Waals surface area contributed by atoms with Gasteiger partial charge in [0.05, 0.1) is 0 Å². The van der Waals surface area contributed by atoms with Crippen LogP contribution in [0.2, 0.25) is 0 Å². The van der Waals surface area contributed by atoms with E-state index < -0.39 is 0 Å². The number of rotatable bonds is 8. The number of piperidine rings is 2. The maximum Gasteiger partial charge on any atom is 0.000702 e. The fourth-order valence-corrected chi connectivity index (χ4v) is 4.82. The van der Waals surface area contributed by atoms with E-state index >= 15 is 0 Å². The molecule has 0 aromatic carbocycles. The van der Waals surface area contributed by atoms with Gasteiger partial charge in [0, 0.05) is 13.1 Å². The van der Waals surface area contributed by atoms with Gasteiger partial charge in [0.2, 0.25) is 0 Å². The van der Waals surface area contributed by atoms with Gasteiger partial charge in [-0.1, -0.05) is 34.1 Å². The van der Waals surface area contributed by atoms with Crippen LogP contribution in [-0.4, -0.2) is 49.1 Å². The Labute approximate surface area is 146 Å². The first-order valence-electron chi connectivity index (χ1n) is 10.5. The molecule has 2 heteroatoms. The third-order valence-electron chi connectivity index (χ3n) is 6.06. The van der Waals surface area contributed by atoms with E-state index in [9.17, 15) is 0 Å². The Morgan fingerprint density at radius 2 is 1.26 bits per heavy atom. The minimum Gasteiger partial charge on any atom is -0.303 e. The van der Waals surface area contributed by atoms with Crippen LogP contribution in [0.15, 0.2) is 0 Å². The number of hydrogen-bond donors (Lipinski definition) is 0. The Bertz CT molecular complexity index is 299. The van der Waals surface area contributed by atoms with Crippen molar-refractivity contribution >= 4 is 0 Å². The lowest BCUT2D eigenvalue weighted by molar-refractivity contribution is 0.119. The molecular formula is C21H42N2. The molecule has 136 valence electrons. The second kappa shape index (κ2) is 10.0. The van der Waals surface area contributed by atoms with Gasteiger partial charge in [-0.2, -0.15) is 0 Å². The van der Waals surface area contributed by atoms with Gasteiger partial charge in [0.25, 0.3) is 0 Å². The number of nitrogens with zero attached hydrogens (tertiary/aromatic N) is 2. The molecule has 0 bridgehead atoms. The molecule has 2 aliphatic heterocycles. The molecule has 1 unspecified atom stereocenters. The lowest BCUT2D eigenvalue weighted by Gasteiger charge is -2.37. The van der Waals surface area contributed by atoms with Crippen molar-refractivity contribution < 1.29 is 0 Å². The quantitative estimate of drug-likeness (QED) is 0.627. The molecule has 23 heavy (non-hydrogen) atoms. The Hall–Kier alpha value is -0.0800. The van der Waals surface area contributed by atoms with E-state index in [1.165, 1.54) is 84.2 Å². The summed E-state index contributed by atoms with van der Waals surface area (Å²) in [7, 11) is 0. The van der Waals surface area contributed by atoms with Crippen molar-refractivity contribution in [1.29, 1.82) is 0 Å². The molecule has 1 atom stereocenters. The van der Waals surface area contributed by atoms with E-state index in [-0.39, 0.29) is 0 Å². The predicted octanol–water partition coefficient (Wildman–Crippen LogP) is 4.89. The monoisotopic (exact) mass is 322 g/mol. The van der Waals surface area contributed by atoms with Crippen LogP contribution < -0.4 is 0 Å². The van der Waals surface area contributed by atoms with E-state index in [4.69, 9.17) is 0 Å². The van der Waals surface area contributed by atoms with E-state index in [0.29, 0.717) is 0 Å². The third kappa shape index (κ3) is 7.13. The average Bonchev–Trinajstić information content (AvgIpc) is 2.51. The van der Waals surface area contributed by atoms with Gasteiger partial charge in [-0.05, 0) is 88.4 Å². The fourth-order valence-electron chi connectivity index (χ4n) is 4.82. The second-order valence-corrected chi connectivity index (χ2v) is 9.01. The first-order chi connectivity index (χ1) is 11.1. The first kappa shape index (κ1) is 19.2. The molecule has 2 heterocycles. The summed E-state index contributed by atoms with van der Waals surface area (Å²) < 4.78 is 0. The van der Waals surface area contributed by atoms with Gasteiger partial charge in [-0.15, -0.1) is 0 Å². The summed E-state index contributed by atoms with van der Waals surface area (Å²) >= 11 is 0. The molecule has 0 radical (unpaired) electrons. The summed E-state index contributed by atoms with van der Waals surface area (Å²) in [4.78, 5) is 5.43. The average molecular weight is 323 g/mol. The summed E-state index contributed by atoms with van der Waals surface area (Å²) in [6.07, 6.45) is 10.1. The first-order valence-corrected chi connectivity index (χ1v) is 10.5. The van der Waals surface area contributed by atoms with Crippen LogP contribution in [0, 0.1) is 23.7 Å². The van der Waals surface area contributed by atoms with Gasteiger partial charge >= 0.3 is 0 Å². The highest BCUT2D eigenvalue weighted by Crippen LogP contribution is 2.30. The van der Waals surface area contributed by atoms with Gasteiger partial charge in [0.15, 0.2) is 0 Å². The van der Waals surface area contributed by atoms with E-state index in [1.807, 2.05) is 0 Å². The lowest BCUT2D eigenvalue weighted by atomic mass is 9.82. The van der Waals surface area contributed by atoms with Crippen LogP contribution in [0.4, 0.5) is 0 Å². The summed E-state index contributed by atoms with van der Waals surface area (Å²) in [5, 5.41) is 0. The molecule has 0 aromatic rings. The van der Waals surface area contributed by atoms with Gasteiger partial charge in [0.1, 0.15) is 0 Å². The molecule has 2 saturated heterocycles. The molecule has 0 amide bonds. The van der Waals surface area contributed by atoms with Crippen LogP contribution in [0.25, 0.3) is 0 Å². The smallest absolute Gasteiger partial charge is 0.000702 e.